The van der Waals surface area contributed by atoms with Crippen LogP contribution in [0.25, 0.3) is 0 Å². The molecule has 0 aromatic heterocycles. The van der Waals surface area contributed by atoms with Crippen molar-refractivity contribution in [1.29, 1.82) is 0 Å². The summed E-state index contributed by atoms with van der Waals surface area (Å²) >= 11 is 0. The van der Waals surface area contributed by atoms with Crippen molar-refractivity contribution >= 4 is 21.9 Å². The smallest absolute Gasteiger partial charge is 0.306 e. The van der Waals surface area contributed by atoms with E-state index in [1.807, 2.05) is 18.2 Å². The summed E-state index contributed by atoms with van der Waals surface area (Å²) in [6.45, 7) is 4.66. The second-order valence-corrected chi connectivity index (χ2v) is 10.3. The van der Waals surface area contributed by atoms with Crippen molar-refractivity contribution in [3.05, 3.63) is 65.7 Å². The highest BCUT2D eigenvalue weighted by molar-refractivity contribution is 7.89. The molecule has 0 atom stereocenters. The molecule has 0 heterocycles. The Morgan fingerprint density at radius 3 is 2.21 bits per heavy atom. The van der Waals surface area contributed by atoms with Crippen LogP contribution in [0, 0.1) is 0 Å². The quantitative estimate of drug-likeness (QED) is 0.480. The van der Waals surface area contributed by atoms with Crippen molar-refractivity contribution in [1.82, 2.24) is 9.62 Å². The van der Waals surface area contributed by atoms with E-state index in [9.17, 15) is 18.0 Å². The molecule has 0 saturated heterocycles. The van der Waals surface area contributed by atoms with Crippen molar-refractivity contribution in [2.75, 3.05) is 26.2 Å². The van der Waals surface area contributed by atoms with Gasteiger partial charge in [0.15, 0.2) is 6.61 Å². The molecular formula is C25H32N2O5S. The Morgan fingerprint density at radius 1 is 1.00 bits per heavy atom. The molecule has 0 bridgehead atoms. The number of hydrogen-bond acceptors (Lipinski definition) is 5. The third-order valence-corrected chi connectivity index (χ3v) is 8.18. The predicted molar refractivity (Wildman–Crippen MR) is 126 cm³/mol. The second kappa shape index (κ2) is 10.9. The number of ether oxygens (including phenoxy) is 1. The maximum Gasteiger partial charge on any atom is 0.306 e. The molecular weight excluding hydrogens is 440 g/mol. The van der Waals surface area contributed by atoms with Gasteiger partial charge < -0.3 is 10.1 Å². The molecule has 2 aromatic carbocycles. The van der Waals surface area contributed by atoms with E-state index in [0.29, 0.717) is 26.1 Å². The third kappa shape index (κ3) is 6.42. The largest absolute Gasteiger partial charge is 0.456 e. The lowest BCUT2D eigenvalue weighted by Crippen LogP contribution is -2.35. The number of nitrogens with zero attached hydrogens (tertiary/aromatic N) is 1. The summed E-state index contributed by atoms with van der Waals surface area (Å²) in [5, 5.41) is 2.88. The highest BCUT2D eigenvalue weighted by atomic mass is 32.2. The van der Waals surface area contributed by atoms with Gasteiger partial charge >= 0.3 is 5.97 Å². The maximum absolute atomic E-state index is 12.5. The molecule has 7 nitrogen and oxygen atoms in total. The molecule has 8 heteroatoms. The van der Waals surface area contributed by atoms with Gasteiger partial charge in [-0.15, -0.1) is 0 Å². The first-order chi connectivity index (χ1) is 15.8. The number of carbonyl (C=O) groups excluding carboxylic acids is 2. The molecule has 1 aliphatic rings. The summed E-state index contributed by atoms with van der Waals surface area (Å²) in [5.74, 6) is -0.772. The molecule has 0 spiro atoms. The average Bonchev–Trinajstić information content (AvgIpc) is 3.63. The first-order valence-corrected chi connectivity index (χ1v) is 12.8. The van der Waals surface area contributed by atoms with Crippen molar-refractivity contribution in [2.45, 2.75) is 49.8 Å². The first kappa shape index (κ1) is 24.9. The van der Waals surface area contributed by atoms with Crippen molar-refractivity contribution < 1.29 is 22.7 Å². The zero-order valence-electron chi connectivity index (χ0n) is 19.2. The van der Waals surface area contributed by atoms with Crippen LogP contribution in [-0.4, -0.2) is 50.8 Å². The topological polar surface area (TPSA) is 92.8 Å². The molecule has 0 aliphatic heterocycles. The summed E-state index contributed by atoms with van der Waals surface area (Å²) in [6.07, 6.45) is 2.59. The predicted octanol–water partition coefficient (Wildman–Crippen LogP) is 3.04. The van der Waals surface area contributed by atoms with Crippen LogP contribution in [0.3, 0.4) is 0 Å². The SMILES string of the molecule is CCN(CC)S(=O)(=O)c1ccc(CCC(=O)OCC(=O)NCC2(c3ccccc3)CC2)cc1. The number of hydrogen-bond donors (Lipinski definition) is 1. The molecule has 1 N–H and O–H groups in total. The van der Waals surface area contributed by atoms with Gasteiger partial charge in [0.25, 0.3) is 5.91 Å². The molecule has 0 unspecified atom stereocenters. The Labute approximate surface area is 196 Å². The van der Waals surface area contributed by atoms with Crippen LogP contribution in [0.15, 0.2) is 59.5 Å². The van der Waals surface area contributed by atoms with Gasteiger partial charge in [-0.25, -0.2) is 8.42 Å². The van der Waals surface area contributed by atoms with Gasteiger partial charge in [0.1, 0.15) is 0 Å². The minimum Gasteiger partial charge on any atom is -0.456 e. The van der Waals surface area contributed by atoms with Crippen LogP contribution in [-0.2, 0) is 36.2 Å². The minimum atomic E-state index is -3.50. The molecule has 1 fully saturated rings. The standard InChI is InChI=1S/C25H32N2O5S/c1-3-27(4-2)33(30,31)22-13-10-20(11-14-22)12-15-24(29)32-18-23(28)26-19-25(16-17-25)21-8-6-5-7-9-21/h5-11,13-14H,3-4,12,15-19H2,1-2H3,(H,26,28). The zero-order chi connectivity index (χ0) is 23.9. The monoisotopic (exact) mass is 472 g/mol. The zero-order valence-corrected chi connectivity index (χ0v) is 20.1. The fourth-order valence-corrected chi connectivity index (χ4v) is 5.29. The Morgan fingerprint density at radius 2 is 1.64 bits per heavy atom. The summed E-state index contributed by atoms with van der Waals surface area (Å²) in [5.41, 5.74) is 2.05. The summed E-state index contributed by atoms with van der Waals surface area (Å²) in [4.78, 5) is 24.4. The lowest BCUT2D eigenvalue weighted by atomic mass is 9.96. The summed E-state index contributed by atoms with van der Waals surface area (Å²) in [7, 11) is -3.50. The van der Waals surface area contributed by atoms with E-state index < -0.39 is 16.0 Å². The molecule has 1 aliphatic carbocycles. The lowest BCUT2D eigenvalue weighted by Gasteiger charge is -2.18. The minimum absolute atomic E-state index is 0.00581. The number of aryl methyl sites for hydroxylation is 1. The van der Waals surface area contributed by atoms with Crippen molar-refractivity contribution in [3.8, 4) is 0 Å². The lowest BCUT2D eigenvalue weighted by molar-refractivity contribution is -0.148. The Bertz CT molecular complexity index is 1040. The van der Waals surface area contributed by atoms with Crippen LogP contribution in [0.2, 0.25) is 0 Å². The van der Waals surface area contributed by atoms with E-state index >= 15 is 0 Å². The van der Waals surface area contributed by atoms with Gasteiger partial charge in [-0.3, -0.25) is 9.59 Å². The van der Waals surface area contributed by atoms with Crippen LogP contribution < -0.4 is 5.32 Å². The number of amides is 1. The van der Waals surface area contributed by atoms with Gasteiger partial charge in [0, 0.05) is 31.5 Å². The van der Waals surface area contributed by atoms with E-state index in [-0.39, 0.29) is 29.2 Å². The number of nitrogens with one attached hydrogen (secondary N) is 1. The highest BCUT2D eigenvalue weighted by Gasteiger charge is 2.44. The first-order valence-electron chi connectivity index (χ1n) is 11.4. The molecule has 3 rings (SSSR count). The normalized spacial score (nSPS) is 14.6. The van der Waals surface area contributed by atoms with Crippen molar-refractivity contribution in [3.63, 3.8) is 0 Å². The second-order valence-electron chi connectivity index (χ2n) is 8.32. The van der Waals surface area contributed by atoms with E-state index in [1.165, 1.54) is 9.87 Å². The van der Waals surface area contributed by atoms with Crippen LogP contribution >= 0.6 is 0 Å². The Kier molecular flexibility index (Phi) is 8.26. The van der Waals surface area contributed by atoms with Gasteiger partial charge in [-0.1, -0.05) is 56.3 Å². The van der Waals surface area contributed by atoms with Crippen LogP contribution in [0.4, 0.5) is 0 Å². The number of benzene rings is 2. The molecule has 1 saturated carbocycles. The van der Waals surface area contributed by atoms with Crippen LogP contribution in [0.1, 0.15) is 44.2 Å². The fraction of sp³-hybridized carbons (Fsp3) is 0.440. The summed E-state index contributed by atoms with van der Waals surface area (Å²) in [6, 6.07) is 16.6. The van der Waals surface area contributed by atoms with E-state index in [1.54, 1.807) is 38.1 Å². The van der Waals surface area contributed by atoms with Crippen molar-refractivity contribution in [2.24, 2.45) is 0 Å². The van der Waals surface area contributed by atoms with Gasteiger partial charge in [-0.2, -0.15) is 4.31 Å². The molecule has 33 heavy (non-hydrogen) atoms. The van der Waals surface area contributed by atoms with Crippen LogP contribution in [0.5, 0.6) is 0 Å². The number of carbonyl (C=O) groups is 2. The molecule has 178 valence electrons. The third-order valence-electron chi connectivity index (χ3n) is 6.11. The number of esters is 1. The molecule has 0 radical (unpaired) electrons. The number of rotatable bonds is 12. The average molecular weight is 473 g/mol. The molecule has 2 aromatic rings. The maximum atomic E-state index is 12.5. The van der Waals surface area contributed by atoms with E-state index in [4.69, 9.17) is 4.74 Å². The van der Waals surface area contributed by atoms with Gasteiger partial charge in [0.2, 0.25) is 10.0 Å². The van der Waals surface area contributed by atoms with E-state index in [0.717, 1.165) is 18.4 Å². The van der Waals surface area contributed by atoms with E-state index in [2.05, 4.69) is 17.4 Å². The Hall–Kier alpha value is -2.71. The molecule has 1 amide bonds. The fourth-order valence-electron chi connectivity index (χ4n) is 3.83. The van der Waals surface area contributed by atoms with Gasteiger partial charge in [0.05, 0.1) is 4.90 Å². The summed E-state index contributed by atoms with van der Waals surface area (Å²) < 4.78 is 31.6. The highest BCUT2D eigenvalue weighted by Crippen LogP contribution is 2.47. The number of sulfonamides is 1. The Balaban J connectivity index is 1.40. The van der Waals surface area contributed by atoms with Gasteiger partial charge in [-0.05, 0) is 42.5 Å².